The normalized spacial score (nSPS) is 14.6. The van der Waals surface area contributed by atoms with Gasteiger partial charge in [0.2, 0.25) is 0 Å². The fourth-order valence-corrected chi connectivity index (χ4v) is 2.29. The standard InChI is InChI=1S/C14H21NO2/c1-4-11-14(13(16)17,15(3)5-2)12-9-7-6-8-10-12/h6-10H,4-5,11H2,1-3H3,(H,16,17). The first-order chi connectivity index (χ1) is 8.09. The fraction of sp³-hybridized carbons (Fsp3) is 0.500. The molecule has 0 radical (unpaired) electrons. The summed E-state index contributed by atoms with van der Waals surface area (Å²) in [4.78, 5) is 13.7. The minimum atomic E-state index is -0.898. The van der Waals surface area contributed by atoms with E-state index in [2.05, 4.69) is 0 Å². The molecular formula is C14H21NO2. The predicted molar refractivity (Wildman–Crippen MR) is 69.0 cm³/mol. The van der Waals surface area contributed by atoms with Crippen molar-refractivity contribution in [2.45, 2.75) is 32.2 Å². The van der Waals surface area contributed by atoms with Crippen LogP contribution in [0.3, 0.4) is 0 Å². The van der Waals surface area contributed by atoms with E-state index in [0.717, 1.165) is 12.0 Å². The van der Waals surface area contributed by atoms with Gasteiger partial charge in [0, 0.05) is 0 Å². The monoisotopic (exact) mass is 235 g/mol. The predicted octanol–water partition coefficient (Wildman–Crippen LogP) is 2.72. The van der Waals surface area contributed by atoms with Crippen LogP contribution in [0.15, 0.2) is 30.3 Å². The molecule has 1 aromatic rings. The fourth-order valence-electron chi connectivity index (χ4n) is 2.29. The van der Waals surface area contributed by atoms with Gasteiger partial charge >= 0.3 is 5.97 Å². The zero-order valence-electron chi connectivity index (χ0n) is 10.8. The lowest BCUT2D eigenvalue weighted by Crippen LogP contribution is -2.50. The van der Waals surface area contributed by atoms with Gasteiger partial charge in [-0.2, -0.15) is 0 Å². The molecule has 94 valence electrons. The lowest BCUT2D eigenvalue weighted by atomic mass is 9.84. The second-order valence-corrected chi connectivity index (χ2v) is 4.30. The molecule has 1 unspecified atom stereocenters. The van der Waals surface area contributed by atoms with Gasteiger partial charge in [0.15, 0.2) is 0 Å². The van der Waals surface area contributed by atoms with Gasteiger partial charge < -0.3 is 5.11 Å². The van der Waals surface area contributed by atoms with Crippen LogP contribution in [0.5, 0.6) is 0 Å². The maximum atomic E-state index is 11.8. The lowest BCUT2D eigenvalue weighted by Gasteiger charge is -2.38. The number of carboxylic acids is 1. The average molecular weight is 235 g/mol. The Bertz CT molecular complexity index is 364. The molecule has 1 aromatic carbocycles. The van der Waals surface area contributed by atoms with Gasteiger partial charge in [-0.1, -0.05) is 50.6 Å². The topological polar surface area (TPSA) is 40.5 Å². The molecule has 0 aliphatic heterocycles. The van der Waals surface area contributed by atoms with Crippen LogP contribution < -0.4 is 0 Å². The number of aliphatic carboxylic acids is 1. The molecule has 1 rings (SSSR count). The minimum Gasteiger partial charge on any atom is -0.480 e. The van der Waals surface area contributed by atoms with Crippen molar-refractivity contribution in [2.24, 2.45) is 0 Å². The number of nitrogens with zero attached hydrogens (tertiary/aromatic N) is 1. The number of likely N-dealkylation sites (N-methyl/N-ethyl adjacent to an activating group) is 1. The van der Waals surface area contributed by atoms with E-state index in [-0.39, 0.29) is 0 Å². The van der Waals surface area contributed by atoms with Crippen LogP contribution in [0.2, 0.25) is 0 Å². The molecule has 0 fully saturated rings. The summed E-state index contributed by atoms with van der Waals surface area (Å²) in [5.74, 6) is -0.769. The lowest BCUT2D eigenvalue weighted by molar-refractivity contribution is -0.152. The van der Waals surface area contributed by atoms with Gasteiger partial charge in [-0.05, 0) is 25.6 Å². The quantitative estimate of drug-likeness (QED) is 0.824. The van der Waals surface area contributed by atoms with Crippen LogP contribution in [0.1, 0.15) is 32.3 Å². The van der Waals surface area contributed by atoms with Crippen molar-refractivity contribution < 1.29 is 9.90 Å². The maximum Gasteiger partial charge on any atom is 0.328 e. The molecule has 0 aliphatic rings. The van der Waals surface area contributed by atoms with Gasteiger partial charge in [0.05, 0.1) is 0 Å². The molecule has 0 aliphatic carbocycles. The molecule has 0 aromatic heterocycles. The van der Waals surface area contributed by atoms with Gasteiger partial charge in [-0.15, -0.1) is 0 Å². The van der Waals surface area contributed by atoms with Gasteiger partial charge in [-0.25, -0.2) is 4.79 Å². The zero-order chi connectivity index (χ0) is 12.9. The van der Waals surface area contributed by atoms with Crippen LogP contribution in [0.25, 0.3) is 0 Å². The van der Waals surface area contributed by atoms with Crippen molar-refractivity contribution in [1.82, 2.24) is 4.90 Å². The van der Waals surface area contributed by atoms with E-state index in [1.807, 2.05) is 56.1 Å². The van der Waals surface area contributed by atoms with Crippen LogP contribution in [-0.4, -0.2) is 29.6 Å². The van der Waals surface area contributed by atoms with Crippen molar-refractivity contribution in [1.29, 1.82) is 0 Å². The molecule has 0 bridgehead atoms. The second kappa shape index (κ2) is 5.82. The first-order valence-corrected chi connectivity index (χ1v) is 6.09. The molecule has 0 saturated carbocycles. The Labute approximate surface area is 103 Å². The van der Waals surface area contributed by atoms with Crippen molar-refractivity contribution in [2.75, 3.05) is 13.6 Å². The molecule has 0 spiro atoms. The molecule has 17 heavy (non-hydrogen) atoms. The summed E-state index contributed by atoms with van der Waals surface area (Å²) in [5, 5.41) is 9.67. The highest BCUT2D eigenvalue weighted by molar-refractivity contribution is 5.80. The summed E-state index contributed by atoms with van der Waals surface area (Å²) in [6.07, 6.45) is 1.46. The van der Waals surface area contributed by atoms with E-state index >= 15 is 0 Å². The minimum absolute atomic E-state index is 0.622. The molecule has 1 atom stereocenters. The molecule has 3 nitrogen and oxygen atoms in total. The molecule has 0 amide bonds. The number of carboxylic acid groups (broad SMARTS) is 1. The van der Waals surface area contributed by atoms with E-state index in [9.17, 15) is 9.90 Å². The SMILES string of the molecule is CCCC(C(=O)O)(c1ccccc1)N(C)CC. The average Bonchev–Trinajstić information content (AvgIpc) is 2.35. The number of carbonyl (C=O) groups is 1. The van der Waals surface area contributed by atoms with E-state index in [1.165, 1.54) is 0 Å². The van der Waals surface area contributed by atoms with Crippen LogP contribution >= 0.6 is 0 Å². The second-order valence-electron chi connectivity index (χ2n) is 4.30. The van der Waals surface area contributed by atoms with E-state index < -0.39 is 11.5 Å². The van der Waals surface area contributed by atoms with E-state index in [4.69, 9.17) is 0 Å². The van der Waals surface area contributed by atoms with E-state index in [1.54, 1.807) is 0 Å². The van der Waals surface area contributed by atoms with Crippen molar-refractivity contribution in [3.8, 4) is 0 Å². The first kappa shape index (κ1) is 13.7. The van der Waals surface area contributed by atoms with Gasteiger partial charge in [0.1, 0.15) is 5.54 Å². The Morgan fingerprint density at radius 2 is 1.88 bits per heavy atom. The Morgan fingerprint density at radius 3 is 2.29 bits per heavy atom. The number of benzene rings is 1. The van der Waals surface area contributed by atoms with Crippen LogP contribution in [0.4, 0.5) is 0 Å². The Kier molecular flexibility index (Phi) is 4.70. The Hall–Kier alpha value is -1.35. The highest BCUT2D eigenvalue weighted by Crippen LogP contribution is 2.32. The van der Waals surface area contributed by atoms with Crippen LogP contribution in [-0.2, 0) is 10.3 Å². The highest BCUT2D eigenvalue weighted by Gasteiger charge is 2.42. The first-order valence-electron chi connectivity index (χ1n) is 6.09. The summed E-state index contributed by atoms with van der Waals surface area (Å²) in [7, 11) is 1.87. The maximum absolute atomic E-state index is 11.8. The summed E-state index contributed by atoms with van der Waals surface area (Å²) in [5.41, 5.74) is -0.0381. The van der Waals surface area contributed by atoms with Crippen LogP contribution in [0, 0.1) is 0 Å². The highest BCUT2D eigenvalue weighted by atomic mass is 16.4. The summed E-state index contributed by atoms with van der Waals surface area (Å²) < 4.78 is 0. The van der Waals surface area contributed by atoms with Crippen molar-refractivity contribution in [3.63, 3.8) is 0 Å². The number of hydrogen-bond acceptors (Lipinski definition) is 2. The third-order valence-electron chi connectivity index (χ3n) is 3.34. The third kappa shape index (κ3) is 2.50. The summed E-state index contributed by atoms with van der Waals surface area (Å²) in [6, 6.07) is 9.50. The van der Waals surface area contributed by atoms with Crippen molar-refractivity contribution >= 4 is 5.97 Å². The van der Waals surface area contributed by atoms with E-state index in [0.29, 0.717) is 13.0 Å². The molecular weight excluding hydrogens is 214 g/mol. The summed E-state index contributed by atoms with van der Waals surface area (Å²) >= 11 is 0. The van der Waals surface area contributed by atoms with Crippen molar-refractivity contribution in [3.05, 3.63) is 35.9 Å². The third-order valence-corrected chi connectivity index (χ3v) is 3.34. The largest absolute Gasteiger partial charge is 0.480 e. The molecule has 3 heteroatoms. The molecule has 0 saturated heterocycles. The van der Waals surface area contributed by atoms with Gasteiger partial charge in [0.25, 0.3) is 0 Å². The smallest absolute Gasteiger partial charge is 0.328 e. The molecule has 1 N–H and O–H groups in total. The number of rotatable bonds is 6. The Morgan fingerprint density at radius 1 is 1.29 bits per heavy atom. The Balaban J connectivity index is 3.29. The molecule has 0 heterocycles. The summed E-state index contributed by atoms with van der Waals surface area (Å²) in [6.45, 7) is 4.71. The van der Waals surface area contributed by atoms with Gasteiger partial charge in [-0.3, -0.25) is 4.90 Å². The number of hydrogen-bond donors (Lipinski definition) is 1. The zero-order valence-corrected chi connectivity index (χ0v) is 10.8.